The minimum atomic E-state index is -2.50. The Morgan fingerprint density at radius 2 is 1.18 bits per heavy atom. The van der Waals surface area contributed by atoms with Gasteiger partial charge >= 0.3 is 182 Å². The van der Waals surface area contributed by atoms with Crippen LogP contribution in [0.2, 0.25) is 29.9 Å². The predicted octanol–water partition coefficient (Wildman–Crippen LogP) is 7.62. The van der Waals surface area contributed by atoms with Gasteiger partial charge in [-0.15, -0.1) is 0 Å². The molecule has 1 rings (SSSR count). The van der Waals surface area contributed by atoms with Crippen molar-refractivity contribution in [2.45, 2.75) is 131 Å². The maximum absolute atomic E-state index is 6.46. The first-order chi connectivity index (χ1) is 13.2. The summed E-state index contributed by atoms with van der Waals surface area (Å²) < 4.78 is 12.4. The third-order valence-corrected chi connectivity index (χ3v) is 29.0. The number of nitrogens with zero attached hydrogens (tertiary/aromatic N) is 1. The summed E-state index contributed by atoms with van der Waals surface area (Å²) in [7, 11) is -1.80. The van der Waals surface area contributed by atoms with Gasteiger partial charge in [-0.25, -0.2) is 0 Å². The van der Waals surface area contributed by atoms with Crippen molar-refractivity contribution >= 4 is 35.7 Å². The van der Waals surface area contributed by atoms with Gasteiger partial charge in [0.15, 0.2) is 0 Å². The van der Waals surface area contributed by atoms with Gasteiger partial charge in [0.1, 0.15) is 0 Å². The molecule has 0 amide bonds. The molecule has 1 aromatic rings. The van der Waals surface area contributed by atoms with E-state index in [9.17, 15) is 0 Å². The standard InChI is InChI=1S/C12H22NOSi.3C4H9.Sn/c1-9(2)15(10(3)4,11(5)6)12-13-7-8-14-12;3*1-3-4-2;/h8-11H,1-6H3;3*1,3-4H2,2H3;. The molecule has 0 atom stereocenters. The first-order valence-electron chi connectivity index (χ1n) is 12.2. The van der Waals surface area contributed by atoms with Crippen LogP contribution in [0.3, 0.4) is 0 Å². The van der Waals surface area contributed by atoms with E-state index < -0.39 is 26.5 Å². The SMILES string of the molecule is CCC[CH2][Sn]([CH2]CCC)([CH2]CCC)[c]1coc([Si](C(C)C)(C(C)C)C(C)C)n1. The van der Waals surface area contributed by atoms with Gasteiger partial charge in [-0.2, -0.15) is 0 Å². The topological polar surface area (TPSA) is 26.0 Å². The summed E-state index contributed by atoms with van der Waals surface area (Å²) in [5.74, 6) is 0. The predicted molar refractivity (Wildman–Crippen MR) is 132 cm³/mol. The first-order valence-corrected chi connectivity index (χ1v) is 21.9. The fourth-order valence-electron chi connectivity index (χ4n) is 5.76. The van der Waals surface area contributed by atoms with Crippen LogP contribution in [0.4, 0.5) is 0 Å². The molecule has 1 aromatic heterocycles. The number of unbranched alkanes of at least 4 members (excludes halogenated alkanes) is 3. The van der Waals surface area contributed by atoms with E-state index in [0.29, 0.717) is 16.6 Å². The fraction of sp³-hybridized carbons (Fsp3) is 0.875. The number of aromatic nitrogens is 1. The molecule has 0 fully saturated rings. The van der Waals surface area contributed by atoms with Gasteiger partial charge in [0.05, 0.1) is 0 Å². The molecule has 0 aliphatic heterocycles. The Kier molecular flexibility index (Phi) is 11.4. The van der Waals surface area contributed by atoms with Gasteiger partial charge in [0.2, 0.25) is 0 Å². The van der Waals surface area contributed by atoms with E-state index in [1.807, 2.05) is 0 Å². The zero-order chi connectivity index (χ0) is 21.4. The second-order valence-electron chi connectivity index (χ2n) is 10.0. The average Bonchev–Trinajstić information content (AvgIpc) is 3.11. The van der Waals surface area contributed by atoms with Crippen molar-refractivity contribution in [3.8, 4) is 0 Å². The fourth-order valence-corrected chi connectivity index (χ4v) is 27.1. The third kappa shape index (κ3) is 5.68. The molecule has 28 heavy (non-hydrogen) atoms. The zero-order valence-electron chi connectivity index (χ0n) is 20.5. The molecule has 0 saturated heterocycles. The molecule has 0 N–H and O–H groups in total. The molecule has 0 unspecified atom stereocenters. The van der Waals surface area contributed by atoms with Crippen LogP contribution in [0.15, 0.2) is 10.7 Å². The summed E-state index contributed by atoms with van der Waals surface area (Å²) in [6.45, 7) is 21.5. The van der Waals surface area contributed by atoms with Crippen molar-refractivity contribution in [2.24, 2.45) is 0 Å². The van der Waals surface area contributed by atoms with E-state index in [0.717, 1.165) is 0 Å². The summed E-state index contributed by atoms with van der Waals surface area (Å²) in [4.78, 5) is 5.47. The van der Waals surface area contributed by atoms with Gasteiger partial charge in [0, 0.05) is 0 Å². The molecular weight excluding hydrogens is 465 g/mol. The van der Waals surface area contributed by atoms with Gasteiger partial charge in [-0.1, -0.05) is 0 Å². The Balaban J connectivity index is 3.46. The van der Waals surface area contributed by atoms with E-state index >= 15 is 0 Å². The van der Waals surface area contributed by atoms with Crippen LogP contribution in [0.5, 0.6) is 0 Å². The maximum atomic E-state index is 6.46. The van der Waals surface area contributed by atoms with Crippen molar-refractivity contribution in [1.82, 2.24) is 4.98 Å². The summed E-state index contributed by atoms with van der Waals surface area (Å²) in [6.07, 6.45) is 10.2. The van der Waals surface area contributed by atoms with E-state index in [-0.39, 0.29) is 0 Å². The average molecular weight is 514 g/mol. The van der Waals surface area contributed by atoms with Crippen molar-refractivity contribution in [2.75, 3.05) is 0 Å². The number of hydrogen-bond acceptors (Lipinski definition) is 2. The monoisotopic (exact) mass is 515 g/mol. The van der Waals surface area contributed by atoms with Crippen LogP contribution in [-0.2, 0) is 0 Å². The second-order valence-corrected chi connectivity index (χ2v) is 28.8. The Morgan fingerprint density at radius 1 is 0.786 bits per heavy atom. The molecule has 4 heteroatoms. The Bertz CT molecular complexity index is 509. The Labute approximate surface area is 181 Å². The van der Waals surface area contributed by atoms with Gasteiger partial charge < -0.3 is 0 Å². The number of hydrogen-bond donors (Lipinski definition) is 0. The first kappa shape index (κ1) is 26.3. The number of rotatable bonds is 14. The molecular formula is C24H49NOSiSn. The van der Waals surface area contributed by atoms with Crippen LogP contribution in [0, 0.1) is 0 Å². The third-order valence-electron chi connectivity index (χ3n) is 7.31. The van der Waals surface area contributed by atoms with Crippen LogP contribution in [0.25, 0.3) is 0 Å². The molecule has 0 spiro atoms. The molecule has 2 nitrogen and oxygen atoms in total. The molecule has 0 bridgehead atoms. The molecule has 0 saturated carbocycles. The molecule has 1 heterocycles. The molecule has 0 aliphatic carbocycles. The number of oxazole rings is 1. The van der Waals surface area contributed by atoms with E-state index in [1.54, 1.807) is 0 Å². The normalized spacial score (nSPS) is 13.3. The van der Waals surface area contributed by atoms with Crippen LogP contribution < -0.4 is 9.22 Å². The molecule has 164 valence electrons. The van der Waals surface area contributed by atoms with Crippen LogP contribution in [0.1, 0.15) is 101 Å². The van der Waals surface area contributed by atoms with Gasteiger partial charge in [-0.3, -0.25) is 0 Å². The summed E-state index contributed by atoms with van der Waals surface area (Å²) in [6, 6.07) is 0. The van der Waals surface area contributed by atoms with Crippen molar-refractivity contribution in [1.29, 1.82) is 0 Å². The Morgan fingerprint density at radius 3 is 1.50 bits per heavy atom. The second kappa shape index (κ2) is 12.2. The summed E-state index contributed by atoms with van der Waals surface area (Å²) >= 11 is -2.50. The quantitative estimate of drug-likeness (QED) is 0.239. The summed E-state index contributed by atoms with van der Waals surface area (Å²) in [5.41, 5.74) is 3.15. The van der Waals surface area contributed by atoms with Gasteiger partial charge in [0.25, 0.3) is 0 Å². The van der Waals surface area contributed by atoms with Crippen molar-refractivity contribution < 1.29 is 4.42 Å². The van der Waals surface area contributed by atoms with Crippen LogP contribution in [-0.4, -0.2) is 31.4 Å². The van der Waals surface area contributed by atoms with Crippen molar-refractivity contribution in [3.05, 3.63) is 6.26 Å². The molecule has 0 aromatic carbocycles. The molecule has 0 aliphatic rings. The summed E-state index contributed by atoms with van der Waals surface area (Å²) in [5, 5.41) is 0. The molecule has 0 radical (unpaired) electrons. The minimum absolute atomic E-state index is 0.658. The van der Waals surface area contributed by atoms with Crippen LogP contribution >= 0.6 is 0 Å². The van der Waals surface area contributed by atoms with E-state index in [1.165, 1.54) is 61.1 Å². The Hall–Kier alpha value is 0.226. The van der Waals surface area contributed by atoms with E-state index in [4.69, 9.17) is 9.40 Å². The van der Waals surface area contributed by atoms with E-state index in [2.05, 4.69) is 68.6 Å². The zero-order valence-corrected chi connectivity index (χ0v) is 24.4. The van der Waals surface area contributed by atoms with Gasteiger partial charge in [-0.05, 0) is 0 Å². The van der Waals surface area contributed by atoms with Crippen molar-refractivity contribution in [3.63, 3.8) is 0 Å².